The molecule has 1 atom stereocenters. The van der Waals surface area contributed by atoms with E-state index >= 15 is 0 Å². The topological polar surface area (TPSA) is 116 Å². The van der Waals surface area contributed by atoms with Crippen LogP contribution in [0.4, 0.5) is 8.78 Å². The number of hydrazone groups is 1. The smallest absolute Gasteiger partial charge is 0.337 e. The molecule has 2 aromatic heterocycles. The molecule has 0 radical (unpaired) electrons. The number of rotatable bonds is 6. The first-order valence-corrected chi connectivity index (χ1v) is 12.7. The highest BCUT2D eigenvalue weighted by Gasteiger charge is 2.49. The molecular formula is C28H21BrF2N4O4. The number of alkyl halides is 2. The Labute approximate surface area is 229 Å². The van der Waals surface area contributed by atoms with Crippen molar-refractivity contribution < 1.29 is 23.5 Å². The number of aryl methyl sites for hydroxylation is 1. The second-order valence-corrected chi connectivity index (χ2v) is 10.1. The molecule has 0 bridgehead atoms. The van der Waals surface area contributed by atoms with Crippen LogP contribution in [0.25, 0.3) is 22.2 Å². The number of benzene rings is 2. The van der Waals surface area contributed by atoms with Crippen molar-refractivity contribution in [3.8, 4) is 11.1 Å². The van der Waals surface area contributed by atoms with Crippen molar-refractivity contribution in [1.29, 1.82) is 0 Å². The third-order valence-corrected chi connectivity index (χ3v) is 7.00. The zero-order chi connectivity index (χ0) is 27.9. The van der Waals surface area contributed by atoms with Gasteiger partial charge in [-0.05, 0) is 42.3 Å². The molecule has 1 aliphatic rings. The Balaban J connectivity index is 1.72. The molecule has 198 valence electrons. The Kier molecular flexibility index (Phi) is 6.85. The highest BCUT2D eigenvalue weighted by molar-refractivity contribution is 9.10. The number of nitrogens with zero attached hydrogens (tertiary/aromatic N) is 3. The van der Waals surface area contributed by atoms with Crippen LogP contribution in [0.5, 0.6) is 0 Å². The van der Waals surface area contributed by atoms with E-state index in [0.717, 1.165) is 10.0 Å². The fraction of sp³-hybridized carbons (Fsp3) is 0.179. The molecule has 0 fully saturated rings. The molecule has 4 aromatic rings. The number of H-pyrrole nitrogens is 1. The summed E-state index contributed by atoms with van der Waals surface area (Å²) in [5.41, 5.74) is 2.60. The van der Waals surface area contributed by atoms with E-state index in [-0.39, 0.29) is 17.7 Å². The van der Waals surface area contributed by atoms with Crippen LogP contribution in [-0.2, 0) is 9.59 Å². The van der Waals surface area contributed by atoms with Crippen molar-refractivity contribution in [2.45, 2.75) is 31.7 Å². The molecule has 3 heterocycles. The first-order chi connectivity index (χ1) is 18.5. The van der Waals surface area contributed by atoms with Gasteiger partial charge in [0.05, 0.1) is 17.3 Å². The molecular weight excluding hydrogens is 574 g/mol. The molecule has 0 aliphatic carbocycles. The van der Waals surface area contributed by atoms with Gasteiger partial charge in [0.15, 0.2) is 0 Å². The lowest BCUT2D eigenvalue weighted by atomic mass is 9.91. The second kappa shape index (κ2) is 10.1. The van der Waals surface area contributed by atoms with Crippen LogP contribution in [0.15, 0.2) is 81.2 Å². The van der Waals surface area contributed by atoms with Gasteiger partial charge in [-0.2, -0.15) is 13.9 Å². The highest BCUT2D eigenvalue weighted by atomic mass is 79.9. The summed E-state index contributed by atoms with van der Waals surface area (Å²) in [6.07, 6.45) is -0.189. The number of carbonyl (C=O) groups is 2. The molecule has 1 aliphatic heterocycles. The Bertz CT molecular complexity index is 1690. The summed E-state index contributed by atoms with van der Waals surface area (Å²) >= 11 is 3.40. The van der Waals surface area contributed by atoms with Crippen molar-refractivity contribution >= 4 is 44.6 Å². The normalized spacial score (nSPS) is 15.4. The summed E-state index contributed by atoms with van der Waals surface area (Å²) in [6, 6.07) is 16.6. The molecule has 0 saturated carbocycles. The van der Waals surface area contributed by atoms with Gasteiger partial charge in [-0.3, -0.25) is 14.4 Å². The number of fused-ring (bicyclic) bond motifs is 1. The van der Waals surface area contributed by atoms with E-state index in [4.69, 9.17) is 5.11 Å². The third kappa shape index (κ3) is 5.09. The van der Waals surface area contributed by atoms with Gasteiger partial charge in [0, 0.05) is 28.0 Å². The molecule has 39 heavy (non-hydrogen) atoms. The number of carboxylic acids is 1. The van der Waals surface area contributed by atoms with Crippen LogP contribution in [0.2, 0.25) is 0 Å². The molecule has 0 saturated heterocycles. The fourth-order valence-corrected chi connectivity index (χ4v) is 4.91. The number of amides is 1. The van der Waals surface area contributed by atoms with Crippen molar-refractivity contribution in [1.82, 2.24) is 15.0 Å². The number of hydrogen-bond acceptors (Lipinski definition) is 5. The van der Waals surface area contributed by atoms with Gasteiger partial charge >= 0.3 is 17.8 Å². The number of aromatic amines is 1. The van der Waals surface area contributed by atoms with Crippen LogP contribution in [0.3, 0.4) is 0 Å². The second-order valence-electron chi connectivity index (χ2n) is 9.21. The van der Waals surface area contributed by atoms with Crippen molar-refractivity contribution in [2.75, 3.05) is 0 Å². The Morgan fingerprint density at radius 2 is 1.79 bits per heavy atom. The van der Waals surface area contributed by atoms with E-state index in [1.807, 2.05) is 6.92 Å². The van der Waals surface area contributed by atoms with Gasteiger partial charge in [0.1, 0.15) is 12.1 Å². The maximum atomic E-state index is 14.8. The SMILES string of the molecule is Cc1ccc(C2CC(c3c(-c4ccc(Br)cc4)c4cccnc4[nH]c3=O)=NN2C(=O)C(F)(F)CC(=O)O)cc1. The number of carbonyl (C=O) groups excluding carboxylic acids is 1. The van der Waals surface area contributed by atoms with Crippen molar-refractivity contribution in [3.63, 3.8) is 0 Å². The van der Waals surface area contributed by atoms with E-state index in [9.17, 15) is 23.2 Å². The molecule has 1 amide bonds. The van der Waals surface area contributed by atoms with Gasteiger partial charge < -0.3 is 10.1 Å². The third-order valence-electron chi connectivity index (χ3n) is 6.47. The minimum absolute atomic E-state index is 0.0453. The van der Waals surface area contributed by atoms with Gasteiger partial charge in [-0.15, -0.1) is 0 Å². The van der Waals surface area contributed by atoms with E-state index in [1.165, 1.54) is 6.20 Å². The zero-order valence-electron chi connectivity index (χ0n) is 20.5. The van der Waals surface area contributed by atoms with Crippen LogP contribution >= 0.6 is 15.9 Å². The van der Waals surface area contributed by atoms with Crippen LogP contribution in [0.1, 0.15) is 35.6 Å². The lowest BCUT2D eigenvalue weighted by Crippen LogP contribution is -2.42. The van der Waals surface area contributed by atoms with Gasteiger partial charge in [-0.1, -0.05) is 57.9 Å². The van der Waals surface area contributed by atoms with Gasteiger partial charge in [0.2, 0.25) is 0 Å². The predicted molar refractivity (Wildman–Crippen MR) is 145 cm³/mol. The lowest BCUT2D eigenvalue weighted by molar-refractivity contribution is -0.167. The fourth-order valence-electron chi connectivity index (χ4n) is 4.65. The van der Waals surface area contributed by atoms with Crippen LogP contribution in [0, 0.1) is 6.92 Å². The summed E-state index contributed by atoms with van der Waals surface area (Å²) in [5, 5.41) is 14.4. The molecule has 2 aromatic carbocycles. The summed E-state index contributed by atoms with van der Waals surface area (Å²) in [6.45, 7) is 1.86. The minimum atomic E-state index is -4.21. The van der Waals surface area contributed by atoms with Gasteiger partial charge in [-0.25, -0.2) is 9.99 Å². The average Bonchev–Trinajstić information content (AvgIpc) is 3.32. The number of hydrogen-bond donors (Lipinski definition) is 2. The van der Waals surface area contributed by atoms with E-state index in [1.54, 1.807) is 60.7 Å². The molecule has 1 unspecified atom stereocenters. The first kappa shape index (κ1) is 26.4. The number of aliphatic carboxylic acids is 1. The average molecular weight is 595 g/mol. The van der Waals surface area contributed by atoms with E-state index in [0.29, 0.717) is 32.7 Å². The van der Waals surface area contributed by atoms with Crippen molar-refractivity contribution in [3.05, 3.63) is 98.4 Å². The summed E-state index contributed by atoms with van der Waals surface area (Å²) in [7, 11) is 0. The zero-order valence-corrected chi connectivity index (χ0v) is 22.1. The highest BCUT2D eigenvalue weighted by Crippen LogP contribution is 2.39. The quantitative estimate of drug-likeness (QED) is 0.308. The van der Waals surface area contributed by atoms with Crippen molar-refractivity contribution in [2.24, 2.45) is 5.10 Å². The predicted octanol–water partition coefficient (Wildman–Crippen LogP) is 5.45. The number of halogens is 3. The summed E-state index contributed by atoms with van der Waals surface area (Å²) < 4.78 is 30.3. The number of pyridine rings is 2. The molecule has 0 spiro atoms. The maximum Gasteiger partial charge on any atom is 0.337 e. The van der Waals surface area contributed by atoms with Crippen LogP contribution < -0.4 is 5.56 Å². The standard InChI is InChI=1S/C28H21BrF2N4O4/c1-15-4-6-16(7-5-15)21-13-20(34-35(21)27(39)28(30,31)14-22(36)37)24-23(17-8-10-18(29)11-9-17)19-3-2-12-32-25(19)33-26(24)38/h2-12,21H,13-14H2,1H3,(H,36,37)(H,32,33,38). The molecule has 8 nitrogen and oxygen atoms in total. The summed E-state index contributed by atoms with van der Waals surface area (Å²) in [4.78, 5) is 44.6. The van der Waals surface area contributed by atoms with E-state index in [2.05, 4.69) is 31.0 Å². The summed E-state index contributed by atoms with van der Waals surface area (Å²) in [5.74, 6) is -7.78. The maximum absolute atomic E-state index is 14.8. The monoisotopic (exact) mass is 594 g/mol. The molecule has 5 rings (SSSR count). The van der Waals surface area contributed by atoms with Gasteiger partial charge in [0.25, 0.3) is 5.56 Å². The Hall–Kier alpha value is -4.25. The molecule has 11 heteroatoms. The lowest BCUT2D eigenvalue weighted by Gasteiger charge is -2.25. The number of carboxylic acid groups (broad SMARTS) is 1. The Morgan fingerprint density at radius 3 is 2.46 bits per heavy atom. The minimum Gasteiger partial charge on any atom is -0.481 e. The first-order valence-electron chi connectivity index (χ1n) is 11.9. The van der Waals surface area contributed by atoms with Crippen LogP contribution in [-0.4, -0.2) is 43.6 Å². The van der Waals surface area contributed by atoms with E-state index < -0.39 is 35.8 Å². The number of aromatic nitrogens is 2. The Morgan fingerprint density at radius 1 is 1.10 bits per heavy atom. The largest absolute Gasteiger partial charge is 0.481 e. The molecule has 2 N–H and O–H groups in total. The number of nitrogens with one attached hydrogen (secondary N) is 1.